The summed E-state index contributed by atoms with van der Waals surface area (Å²) >= 11 is 5.95. The molecule has 4 aromatic rings. The highest BCUT2D eigenvalue weighted by Crippen LogP contribution is 2.20. The van der Waals surface area contributed by atoms with Crippen molar-refractivity contribution in [1.82, 2.24) is 9.56 Å². The van der Waals surface area contributed by atoms with Gasteiger partial charge in [-0.25, -0.2) is 9.78 Å². The minimum absolute atomic E-state index is 0.188. The molecule has 0 saturated heterocycles. The molecule has 2 aromatic heterocycles. The topological polar surface area (TPSA) is 103 Å². The Labute approximate surface area is 187 Å². The van der Waals surface area contributed by atoms with Gasteiger partial charge in [0.2, 0.25) is 0 Å². The van der Waals surface area contributed by atoms with Crippen LogP contribution in [0.5, 0.6) is 0 Å². The van der Waals surface area contributed by atoms with E-state index in [2.05, 4.69) is 10.3 Å². The van der Waals surface area contributed by atoms with Gasteiger partial charge in [0.05, 0.1) is 11.3 Å². The van der Waals surface area contributed by atoms with E-state index >= 15 is 0 Å². The number of anilines is 1. The van der Waals surface area contributed by atoms with E-state index in [9.17, 15) is 14.4 Å². The number of rotatable bonds is 5. The Morgan fingerprint density at radius 1 is 1.09 bits per heavy atom. The molecule has 0 aliphatic rings. The van der Waals surface area contributed by atoms with Gasteiger partial charge in [-0.05, 0) is 49.7 Å². The molecule has 1 amide bonds. The molecule has 162 valence electrons. The van der Waals surface area contributed by atoms with Crippen LogP contribution < -0.4 is 10.9 Å². The summed E-state index contributed by atoms with van der Waals surface area (Å²) in [4.78, 5) is 41.4. The zero-order valence-electron chi connectivity index (χ0n) is 17.2. The van der Waals surface area contributed by atoms with Crippen molar-refractivity contribution < 1.29 is 18.8 Å². The highest BCUT2D eigenvalue weighted by atomic mass is 35.5. The van der Waals surface area contributed by atoms with Crippen LogP contribution in [0.4, 0.5) is 5.69 Å². The molecule has 2 aromatic carbocycles. The van der Waals surface area contributed by atoms with Crippen molar-refractivity contribution in [3.63, 3.8) is 0 Å². The van der Waals surface area contributed by atoms with E-state index in [0.29, 0.717) is 33.4 Å². The monoisotopic (exact) mass is 451 g/mol. The molecular weight excluding hydrogens is 434 g/mol. The summed E-state index contributed by atoms with van der Waals surface area (Å²) in [6.45, 7) is 3.32. The Balaban J connectivity index is 1.48. The smallest absolute Gasteiger partial charge is 0.338 e. The van der Waals surface area contributed by atoms with Crippen LogP contribution in [-0.2, 0) is 11.3 Å². The lowest BCUT2D eigenvalue weighted by molar-refractivity contribution is 0.0467. The molecule has 0 saturated carbocycles. The largest absolute Gasteiger partial charge is 0.456 e. The third kappa shape index (κ3) is 4.55. The first-order valence-corrected chi connectivity index (χ1v) is 10.0. The van der Waals surface area contributed by atoms with E-state index in [0.717, 1.165) is 10.1 Å². The molecule has 0 radical (unpaired) electrons. The number of hydrogen-bond donors (Lipinski definition) is 1. The van der Waals surface area contributed by atoms with Gasteiger partial charge in [0, 0.05) is 28.4 Å². The highest BCUT2D eigenvalue weighted by molar-refractivity contribution is 6.31. The molecule has 9 heteroatoms. The van der Waals surface area contributed by atoms with Crippen molar-refractivity contribution >= 4 is 34.8 Å². The van der Waals surface area contributed by atoms with E-state index in [1.165, 1.54) is 12.1 Å². The average Bonchev–Trinajstić information content (AvgIpc) is 3.14. The van der Waals surface area contributed by atoms with Crippen LogP contribution >= 0.6 is 11.6 Å². The molecule has 0 spiro atoms. The summed E-state index contributed by atoms with van der Waals surface area (Å²) in [7, 11) is 0. The van der Waals surface area contributed by atoms with Crippen molar-refractivity contribution in [2.75, 3.05) is 5.32 Å². The number of halogens is 1. The van der Waals surface area contributed by atoms with Gasteiger partial charge in [-0.1, -0.05) is 23.7 Å². The quantitative estimate of drug-likeness (QED) is 0.457. The molecule has 8 nitrogen and oxygen atoms in total. The molecule has 4 rings (SSSR count). The molecular formula is C23H18ClN3O5. The third-order valence-electron chi connectivity index (χ3n) is 4.68. The first-order chi connectivity index (χ1) is 15.3. The van der Waals surface area contributed by atoms with E-state index in [-0.39, 0.29) is 18.1 Å². The van der Waals surface area contributed by atoms with E-state index in [1.54, 1.807) is 49.4 Å². The SMILES string of the molecule is Cc1cc2nc(COC(=O)c3ccc(C)c(NC(=O)c4cccc(Cl)c4)c3)cc(=O)n2o1. The first kappa shape index (κ1) is 21.3. The number of esters is 1. The summed E-state index contributed by atoms with van der Waals surface area (Å²) in [5.74, 6) is -0.432. The lowest BCUT2D eigenvalue weighted by Gasteiger charge is -2.11. The minimum atomic E-state index is -0.617. The van der Waals surface area contributed by atoms with Gasteiger partial charge in [0.15, 0.2) is 5.65 Å². The maximum absolute atomic E-state index is 12.6. The first-order valence-electron chi connectivity index (χ1n) is 9.64. The van der Waals surface area contributed by atoms with Gasteiger partial charge in [0.1, 0.15) is 12.4 Å². The van der Waals surface area contributed by atoms with Crippen LogP contribution in [0.15, 0.2) is 63.9 Å². The van der Waals surface area contributed by atoms with Crippen LogP contribution in [0.3, 0.4) is 0 Å². The van der Waals surface area contributed by atoms with Gasteiger partial charge in [-0.3, -0.25) is 9.59 Å². The molecule has 0 atom stereocenters. The maximum Gasteiger partial charge on any atom is 0.338 e. The van der Waals surface area contributed by atoms with E-state index in [1.807, 2.05) is 6.92 Å². The zero-order valence-corrected chi connectivity index (χ0v) is 18.0. The molecule has 0 bridgehead atoms. The normalized spacial score (nSPS) is 10.8. The van der Waals surface area contributed by atoms with Gasteiger partial charge in [0.25, 0.3) is 11.5 Å². The molecule has 2 heterocycles. The zero-order chi connectivity index (χ0) is 22.8. The number of nitrogens with one attached hydrogen (secondary N) is 1. The van der Waals surface area contributed by atoms with Gasteiger partial charge in [-0.2, -0.15) is 0 Å². The number of nitrogens with zero attached hydrogens (tertiary/aromatic N) is 2. The molecule has 32 heavy (non-hydrogen) atoms. The second kappa shape index (κ2) is 8.68. The summed E-state index contributed by atoms with van der Waals surface area (Å²) in [6, 6.07) is 14.2. The third-order valence-corrected chi connectivity index (χ3v) is 4.92. The van der Waals surface area contributed by atoms with Crippen molar-refractivity contribution in [2.45, 2.75) is 20.5 Å². The number of ether oxygens (including phenoxy) is 1. The number of amides is 1. The Morgan fingerprint density at radius 2 is 1.91 bits per heavy atom. The average molecular weight is 452 g/mol. The maximum atomic E-state index is 12.6. The van der Waals surface area contributed by atoms with Crippen LogP contribution in [-0.4, -0.2) is 21.4 Å². The number of fused-ring (bicyclic) bond motifs is 1. The standard InChI is InChI=1S/C23H18ClN3O5/c1-13-6-7-16(10-19(13)26-22(29)15-4-3-5-17(24)9-15)23(30)31-12-18-11-21(28)27-20(25-18)8-14(2)32-27/h3-11H,12H2,1-2H3,(H,26,29). The van der Waals surface area contributed by atoms with Crippen molar-refractivity contribution in [2.24, 2.45) is 0 Å². The highest BCUT2D eigenvalue weighted by Gasteiger charge is 2.14. The summed E-state index contributed by atoms with van der Waals surface area (Å²) in [5.41, 5.74) is 2.10. The van der Waals surface area contributed by atoms with Gasteiger partial charge >= 0.3 is 5.97 Å². The second-order valence-corrected chi connectivity index (χ2v) is 7.59. The van der Waals surface area contributed by atoms with Crippen molar-refractivity contribution in [3.05, 3.63) is 98.1 Å². The lowest BCUT2D eigenvalue weighted by Crippen LogP contribution is -2.15. The molecule has 1 N–H and O–H groups in total. The Morgan fingerprint density at radius 3 is 2.69 bits per heavy atom. The second-order valence-electron chi connectivity index (χ2n) is 7.15. The molecule has 0 fully saturated rings. The number of benzene rings is 2. The molecule has 0 unspecified atom stereocenters. The number of carbonyl (C=O) groups excluding carboxylic acids is 2. The lowest BCUT2D eigenvalue weighted by atomic mass is 10.1. The van der Waals surface area contributed by atoms with Crippen LogP contribution in [0.1, 0.15) is 37.7 Å². The predicted octanol–water partition coefficient (Wildman–Crippen LogP) is 4.17. The number of aromatic nitrogens is 2. The fourth-order valence-corrected chi connectivity index (χ4v) is 3.27. The Kier molecular flexibility index (Phi) is 5.79. The number of hydrogen-bond acceptors (Lipinski definition) is 6. The minimum Gasteiger partial charge on any atom is -0.456 e. The van der Waals surface area contributed by atoms with E-state index in [4.69, 9.17) is 20.9 Å². The Hall–Kier alpha value is -3.91. The van der Waals surface area contributed by atoms with Crippen LogP contribution in [0, 0.1) is 13.8 Å². The molecule has 0 aliphatic heterocycles. The summed E-state index contributed by atoms with van der Waals surface area (Å²) < 4.78 is 11.6. The van der Waals surface area contributed by atoms with Crippen molar-refractivity contribution in [1.29, 1.82) is 0 Å². The van der Waals surface area contributed by atoms with Crippen LogP contribution in [0.25, 0.3) is 5.65 Å². The van der Waals surface area contributed by atoms with Crippen LogP contribution in [0.2, 0.25) is 5.02 Å². The van der Waals surface area contributed by atoms with Gasteiger partial charge in [-0.15, -0.1) is 4.57 Å². The Bertz CT molecular complexity index is 1410. The fraction of sp³-hybridized carbons (Fsp3) is 0.130. The fourth-order valence-electron chi connectivity index (χ4n) is 3.08. The summed E-state index contributed by atoms with van der Waals surface area (Å²) in [6.07, 6.45) is 0. The summed E-state index contributed by atoms with van der Waals surface area (Å²) in [5, 5.41) is 3.23. The van der Waals surface area contributed by atoms with Crippen molar-refractivity contribution in [3.8, 4) is 0 Å². The predicted molar refractivity (Wildman–Crippen MR) is 118 cm³/mol. The van der Waals surface area contributed by atoms with E-state index < -0.39 is 11.5 Å². The van der Waals surface area contributed by atoms with Gasteiger partial charge < -0.3 is 14.6 Å². The number of aryl methyl sites for hydroxylation is 2. The molecule has 0 aliphatic carbocycles. The number of carbonyl (C=O) groups is 2.